The summed E-state index contributed by atoms with van der Waals surface area (Å²) in [6.45, 7) is 1.77. The van der Waals surface area contributed by atoms with Crippen molar-refractivity contribution in [3.63, 3.8) is 0 Å². The summed E-state index contributed by atoms with van der Waals surface area (Å²) >= 11 is 0. The van der Waals surface area contributed by atoms with Crippen molar-refractivity contribution in [3.05, 3.63) is 17.7 Å². The van der Waals surface area contributed by atoms with Crippen LogP contribution in [0.3, 0.4) is 0 Å². The molecule has 0 radical (unpaired) electrons. The van der Waals surface area contributed by atoms with Crippen molar-refractivity contribution >= 4 is 21.4 Å². The van der Waals surface area contributed by atoms with Gasteiger partial charge < -0.3 is 10.5 Å². The van der Waals surface area contributed by atoms with Gasteiger partial charge in [0.15, 0.2) is 0 Å². The molecule has 0 unspecified atom stereocenters. The number of nitrogens with two attached hydrogens (primary N) is 1. The Kier molecular flexibility index (Phi) is 3.09. The predicted octanol–water partition coefficient (Wildman–Crippen LogP) is 0.957. The Labute approximate surface area is 89.3 Å². The molecule has 0 spiro atoms. The first kappa shape index (κ1) is 11.6. The van der Waals surface area contributed by atoms with E-state index in [9.17, 15) is 8.42 Å². The Morgan fingerprint density at radius 2 is 2.00 bits per heavy atom. The number of rotatable bonds is 3. The van der Waals surface area contributed by atoms with Crippen molar-refractivity contribution in [1.82, 2.24) is 0 Å². The van der Waals surface area contributed by atoms with E-state index in [1.165, 1.54) is 13.2 Å². The quantitative estimate of drug-likeness (QED) is 0.758. The van der Waals surface area contributed by atoms with Gasteiger partial charge >= 0.3 is 0 Å². The molecular formula is C9H14N2O3S. The number of methoxy groups -OCH3 is 1. The highest BCUT2D eigenvalue weighted by Gasteiger charge is 2.08. The first-order valence-electron chi connectivity index (χ1n) is 4.25. The number of benzene rings is 1. The average molecular weight is 230 g/mol. The van der Waals surface area contributed by atoms with Crippen LogP contribution in [0.2, 0.25) is 0 Å². The Bertz CT molecular complexity index is 468. The van der Waals surface area contributed by atoms with E-state index in [0.29, 0.717) is 17.1 Å². The number of aryl methyl sites for hydroxylation is 1. The molecule has 0 fully saturated rings. The van der Waals surface area contributed by atoms with Crippen LogP contribution in [0, 0.1) is 6.92 Å². The Hall–Kier alpha value is -1.43. The number of anilines is 2. The van der Waals surface area contributed by atoms with Gasteiger partial charge in [-0.1, -0.05) is 0 Å². The maximum absolute atomic E-state index is 11.0. The highest BCUT2D eigenvalue weighted by Crippen LogP contribution is 2.28. The Balaban J connectivity index is 3.17. The number of nitrogens with one attached hydrogen (secondary N) is 1. The van der Waals surface area contributed by atoms with Gasteiger partial charge in [0.2, 0.25) is 10.0 Å². The third kappa shape index (κ3) is 3.02. The summed E-state index contributed by atoms with van der Waals surface area (Å²) in [6, 6.07) is 3.22. The number of hydrogen-bond donors (Lipinski definition) is 2. The van der Waals surface area contributed by atoms with Crippen molar-refractivity contribution < 1.29 is 13.2 Å². The molecule has 0 aliphatic carbocycles. The van der Waals surface area contributed by atoms with Crippen molar-refractivity contribution in [2.24, 2.45) is 0 Å². The van der Waals surface area contributed by atoms with Gasteiger partial charge in [-0.05, 0) is 24.6 Å². The summed E-state index contributed by atoms with van der Waals surface area (Å²) in [6.07, 6.45) is 1.09. The molecule has 0 aliphatic rings. The van der Waals surface area contributed by atoms with Crippen molar-refractivity contribution in [2.45, 2.75) is 6.92 Å². The smallest absolute Gasteiger partial charge is 0.229 e. The lowest BCUT2D eigenvalue weighted by Gasteiger charge is -2.11. The highest BCUT2D eigenvalue weighted by molar-refractivity contribution is 7.92. The van der Waals surface area contributed by atoms with Crippen LogP contribution in [0.25, 0.3) is 0 Å². The van der Waals surface area contributed by atoms with Gasteiger partial charge in [-0.25, -0.2) is 8.42 Å². The van der Waals surface area contributed by atoms with E-state index >= 15 is 0 Å². The third-order valence-electron chi connectivity index (χ3n) is 1.87. The maximum Gasteiger partial charge on any atom is 0.229 e. The standard InChI is InChI=1S/C9H14N2O3S/c1-6-4-9(14-2)7(10)5-8(6)11-15(3,12)13/h4-5,11H,10H2,1-3H3. The van der Waals surface area contributed by atoms with Crippen LogP contribution in [0.5, 0.6) is 5.75 Å². The normalized spacial score (nSPS) is 11.1. The van der Waals surface area contributed by atoms with E-state index in [4.69, 9.17) is 10.5 Å². The second-order valence-corrected chi connectivity index (χ2v) is 5.03. The number of sulfonamides is 1. The van der Waals surface area contributed by atoms with Crippen LogP contribution < -0.4 is 15.2 Å². The minimum Gasteiger partial charge on any atom is -0.495 e. The van der Waals surface area contributed by atoms with Crippen molar-refractivity contribution in [3.8, 4) is 5.75 Å². The third-order valence-corrected chi connectivity index (χ3v) is 2.46. The van der Waals surface area contributed by atoms with Gasteiger partial charge in [0.25, 0.3) is 0 Å². The zero-order valence-corrected chi connectivity index (χ0v) is 9.68. The maximum atomic E-state index is 11.0. The van der Waals surface area contributed by atoms with E-state index in [2.05, 4.69) is 4.72 Å². The SMILES string of the molecule is COc1cc(C)c(NS(C)(=O)=O)cc1N. The van der Waals surface area contributed by atoms with Crippen molar-refractivity contribution in [2.75, 3.05) is 23.8 Å². The fourth-order valence-electron chi connectivity index (χ4n) is 1.18. The average Bonchev–Trinajstić information content (AvgIpc) is 2.08. The van der Waals surface area contributed by atoms with E-state index in [1.807, 2.05) is 0 Å². The molecule has 0 heterocycles. The molecule has 0 aliphatic heterocycles. The molecule has 0 amide bonds. The molecule has 3 N–H and O–H groups in total. The van der Waals surface area contributed by atoms with Gasteiger partial charge in [-0.2, -0.15) is 0 Å². The molecule has 0 atom stereocenters. The van der Waals surface area contributed by atoms with Gasteiger partial charge in [0.05, 0.1) is 24.7 Å². The molecule has 0 bridgehead atoms. The van der Waals surface area contributed by atoms with Gasteiger partial charge in [-0.3, -0.25) is 4.72 Å². The fraction of sp³-hybridized carbons (Fsp3) is 0.333. The lowest BCUT2D eigenvalue weighted by molar-refractivity contribution is 0.417. The summed E-state index contributed by atoms with van der Waals surface area (Å²) < 4.78 is 29.5. The molecule has 1 aromatic carbocycles. The summed E-state index contributed by atoms with van der Waals surface area (Å²) in [5.41, 5.74) is 7.28. The van der Waals surface area contributed by atoms with Crippen LogP contribution in [0.1, 0.15) is 5.56 Å². The molecule has 1 rings (SSSR count). The van der Waals surface area contributed by atoms with E-state index < -0.39 is 10.0 Å². The number of hydrogen-bond acceptors (Lipinski definition) is 4. The van der Waals surface area contributed by atoms with Gasteiger partial charge in [0, 0.05) is 0 Å². The molecule has 6 heteroatoms. The van der Waals surface area contributed by atoms with Crippen LogP contribution in [0.4, 0.5) is 11.4 Å². The lowest BCUT2D eigenvalue weighted by Crippen LogP contribution is -2.11. The largest absolute Gasteiger partial charge is 0.495 e. The molecule has 84 valence electrons. The zero-order chi connectivity index (χ0) is 11.6. The van der Waals surface area contributed by atoms with E-state index in [-0.39, 0.29) is 0 Å². The van der Waals surface area contributed by atoms with Crippen LogP contribution in [0.15, 0.2) is 12.1 Å². The van der Waals surface area contributed by atoms with E-state index in [1.54, 1.807) is 13.0 Å². The summed E-state index contributed by atoms with van der Waals surface area (Å²) in [4.78, 5) is 0. The Morgan fingerprint density at radius 3 is 2.47 bits per heavy atom. The molecule has 15 heavy (non-hydrogen) atoms. The fourth-order valence-corrected chi connectivity index (χ4v) is 1.80. The molecule has 0 aromatic heterocycles. The van der Waals surface area contributed by atoms with Crippen molar-refractivity contribution in [1.29, 1.82) is 0 Å². The first-order valence-corrected chi connectivity index (χ1v) is 6.14. The molecule has 0 saturated heterocycles. The van der Waals surface area contributed by atoms with E-state index in [0.717, 1.165) is 11.8 Å². The van der Waals surface area contributed by atoms with Crippen LogP contribution >= 0.6 is 0 Å². The lowest BCUT2D eigenvalue weighted by atomic mass is 10.2. The summed E-state index contributed by atoms with van der Waals surface area (Å²) in [7, 11) is -1.77. The highest BCUT2D eigenvalue weighted by atomic mass is 32.2. The van der Waals surface area contributed by atoms with Gasteiger partial charge in [0.1, 0.15) is 5.75 Å². The monoisotopic (exact) mass is 230 g/mol. The molecular weight excluding hydrogens is 216 g/mol. The summed E-state index contributed by atoms with van der Waals surface area (Å²) in [5.74, 6) is 0.534. The van der Waals surface area contributed by atoms with Crippen LogP contribution in [-0.2, 0) is 10.0 Å². The minimum atomic E-state index is -3.28. The topological polar surface area (TPSA) is 81.4 Å². The number of nitrogen functional groups attached to an aromatic ring is 1. The minimum absolute atomic E-state index is 0.397. The Morgan fingerprint density at radius 1 is 1.40 bits per heavy atom. The van der Waals surface area contributed by atoms with Gasteiger partial charge in [-0.15, -0.1) is 0 Å². The first-order chi connectivity index (χ1) is 6.83. The zero-order valence-electron chi connectivity index (χ0n) is 8.87. The molecule has 1 aromatic rings. The second kappa shape index (κ2) is 3.98. The predicted molar refractivity (Wildman–Crippen MR) is 60.6 cm³/mol. The summed E-state index contributed by atoms with van der Waals surface area (Å²) in [5, 5.41) is 0. The molecule has 0 saturated carbocycles. The van der Waals surface area contributed by atoms with Crippen LogP contribution in [-0.4, -0.2) is 21.8 Å². The second-order valence-electron chi connectivity index (χ2n) is 3.28. The molecule has 5 nitrogen and oxygen atoms in total. The number of ether oxygens (including phenoxy) is 1.